The minimum absolute atomic E-state index is 0.146. The second-order valence-electron chi connectivity index (χ2n) is 4.71. The number of amides is 1. The topological polar surface area (TPSA) is 32.3 Å². The molecule has 0 aliphatic carbocycles. The molecule has 1 aromatic carbocycles. The van der Waals surface area contributed by atoms with Gasteiger partial charge >= 0.3 is 0 Å². The highest BCUT2D eigenvalue weighted by atomic mass is 16.2. The lowest BCUT2D eigenvalue weighted by Gasteiger charge is -2.42. The van der Waals surface area contributed by atoms with Crippen LogP contribution in [0.15, 0.2) is 18.2 Å². The summed E-state index contributed by atoms with van der Waals surface area (Å²) in [4.78, 5) is 13.8. The van der Waals surface area contributed by atoms with E-state index in [0.717, 1.165) is 19.4 Å². The number of hydrogen-bond acceptors (Lipinski definition) is 2. The summed E-state index contributed by atoms with van der Waals surface area (Å²) in [6, 6.07) is 6.92. The molecule has 16 heavy (non-hydrogen) atoms. The van der Waals surface area contributed by atoms with Gasteiger partial charge in [-0.3, -0.25) is 4.79 Å². The largest absolute Gasteiger partial charge is 0.357 e. The maximum Gasteiger partial charge on any atom is 0.239 e. The van der Waals surface area contributed by atoms with E-state index >= 15 is 0 Å². The molecule has 3 rings (SSSR count). The second kappa shape index (κ2) is 3.51. The number of benzene rings is 1. The van der Waals surface area contributed by atoms with E-state index in [9.17, 15) is 4.79 Å². The standard InChI is InChI=1S/C13H16N2O/c1-9-3-2-4-10-5-6-11-7-14-12(16)8-15(11)13(9)10/h2-4,11H,5-8H2,1H3,(H,14,16). The molecule has 2 aliphatic heterocycles. The predicted molar refractivity (Wildman–Crippen MR) is 63.6 cm³/mol. The molecular formula is C13H16N2O. The Kier molecular flexibility index (Phi) is 2.13. The average molecular weight is 216 g/mol. The van der Waals surface area contributed by atoms with E-state index in [1.165, 1.54) is 16.8 Å². The van der Waals surface area contributed by atoms with Crippen molar-refractivity contribution in [1.82, 2.24) is 5.32 Å². The van der Waals surface area contributed by atoms with E-state index in [-0.39, 0.29) is 5.91 Å². The molecule has 0 saturated carbocycles. The minimum atomic E-state index is 0.146. The van der Waals surface area contributed by atoms with E-state index in [2.05, 4.69) is 35.3 Å². The fourth-order valence-electron chi connectivity index (χ4n) is 2.86. The molecule has 1 fully saturated rings. The van der Waals surface area contributed by atoms with Gasteiger partial charge in [0.15, 0.2) is 0 Å². The molecule has 1 unspecified atom stereocenters. The van der Waals surface area contributed by atoms with Crippen LogP contribution >= 0.6 is 0 Å². The fourth-order valence-corrected chi connectivity index (χ4v) is 2.86. The number of anilines is 1. The van der Waals surface area contributed by atoms with Crippen molar-refractivity contribution < 1.29 is 4.79 Å². The molecule has 3 heteroatoms. The fraction of sp³-hybridized carbons (Fsp3) is 0.462. The van der Waals surface area contributed by atoms with Crippen molar-refractivity contribution >= 4 is 11.6 Å². The highest BCUT2D eigenvalue weighted by Crippen LogP contribution is 2.34. The van der Waals surface area contributed by atoms with Gasteiger partial charge in [-0.25, -0.2) is 0 Å². The summed E-state index contributed by atoms with van der Waals surface area (Å²) in [6.45, 7) is 3.45. The van der Waals surface area contributed by atoms with E-state index in [1.807, 2.05) is 0 Å². The zero-order chi connectivity index (χ0) is 11.1. The smallest absolute Gasteiger partial charge is 0.239 e. The molecule has 0 spiro atoms. The van der Waals surface area contributed by atoms with Gasteiger partial charge in [0.1, 0.15) is 0 Å². The maximum absolute atomic E-state index is 11.5. The Balaban J connectivity index is 2.06. The number of hydrogen-bond donors (Lipinski definition) is 1. The van der Waals surface area contributed by atoms with Crippen LogP contribution in [0.4, 0.5) is 5.69 Å². The number of piperazine rings is 1. The van der Waals surface area contributed by atoms with Crippen LogP contribution in [-0.2, 0) is 11.2 Å². The number of para-hydroxylation sites is 1. The van der Waals surface area contributed by atoms with Crippen LogP contribution in [0, 0.1) is 6.92 Å². The highest BCUT2D eigenvalue weighted by Gasteiger charge is 2.31. The quantitative estimate of drug-likeness (QED) is 0.708. The molecule has 1 atom stereocenters. The Hall–Kier alpha value is -1.51. The van der Waals surface area contributed by atoms with Gasteiger partial charge < -0.3 is 10.2 Å². The number of aryl methyl sites for hydroxylation is 2. The number of nitrogens with zero attached hydrogens (tertiary/aromatic N) is 1. The Morgan fingerprint density at radius 1 is 1.44 bits per heavy atom. The first-order valence-corrected chi connectivity index (χ1v) is 5.87. The zero-order valence-electron chi connectivity index (χ0n) is 9.49. The molecule has 3 nitrogen and oxygen atoms in total. The summed E-state index contributed by atoms with van der Waals surface area (Å²) in [5.41, 5.74) is 3.98. The van der Waals surface area contributed by atoms with Crippen LogP contribution in [0.25, 0.3) is 0 Å². The van der Waals surface area contributed by atoms with E-state index in [1.54, 1.807) is 0 Å². The van der Waals surface area contributed by atoms with Gasteiger partial charge in [-0.2, -0.15) is 0 Å². The summed E-state index contributed by atoms with van der Waals surface area (Å²) in [6.07, 6.45) is 2.28. The van der Waals surface area contributed by atoms with Crippen molar-refractivity contribution in [2.45, 2.75) is 25.8 Å². The van der Waals surface area contributed by atoms with E-state index in [4.69, 9.17) is 0 Å². The third-order valence-electron chi connectivity index (χ3n) is 3.65. The van der Waals surface area contributed by atoms with Crippen molar-refractivity contribution in [1.29, 1.82) is 0 Å². The summed E-state index contributed by atoms with van der Waals surface area (Å²) in [7, 11) is 0. The van der Waals surface area contributed by atoms with Crippen LogP contribution in [-0.4, -0.2) is 25.0 Å². The first-order chi connectivity index (χ1) is 7.75. The van der Waals surface area contributed by atoms with Crippen molar-refractivity contribution in [2.75, 3.05) is 18.0 Å². The molecule has 2 aliphatic rings. The normalized spacial score (nSPS) is 23.4. The Bertz CT molecular complexity index is 442. The Morgan fingerprint density at radius 3 is 3.19 bits per heavy atom. The second-order valence-corrected chi connectivity index (χ2v) is 4.71. The van der Waals surface area contributed by atoms with Crippen LogP contribution < -0.4 is 10.2 Å². The monoisotopic (exact) mass is 216 g/mol. The van der Waals surface area contributed by atoms with E-state index in [0.29, 0.717) is 12.6 Å². The van der Waals surface area contributed by atoms with Crippen molar-refractivity contribution in [3.05, 3.63) is 29.3 Å². The summed E-state index contributed by atoms with van der Waals surface area (Å²) < 4.78 is 0. The SMILES string of the molecule is Cc1cccc2c1N1CC(=O)NCC1CC2. The minimum Gasteiger partial charge on any atom is -0.357 e. The molecule has 84 valence electrons. The third-order valence-corrected chi connectivity index (χ3v) is 3.65. The van der Waals surface area contributed by atoms with Gasteiger partial charge in [0.25, 0.3) is 0 Å². The average Bonchev–Trinajstić information content (AvgIpc) is 2.28. The van der Waals surface area contributed by atoms with Gasteiger partial charge in [-0.1, -0.05) is 18.2 Å². The molecule has 0 aromatic heterocycles. The molecule has 1 saturated heterocycles. The van der Waals surface area contributed by atoms with Crippen LogP contribution in [0.1, 0.15) is 17.5 Å². The summed E-state index contributed by atoms with van der Waals surface area (Å²) in [5.74, 6) is 0.146. The number of fused-ring (bicyclic) bond motifs is 3. The Morgan fingerprint density at radius 2 is 2.31 bits per heavy atom. The van der Waals surface area contributed by atoms with Crippen molar-refractivity contribution in [3.63, 3.8) is 0 Å². The molecule has 1 N–H and O–H groups in total. The van der Waals surface area contributed by atoms with Gasteiger partial charge in [0, 0.05) is 18.3 Å². The van der Waals surface area contributed by atoms with Crippen LogP contribution in [0.3, 0.4) is 0 Å². The van der Waals surface area contributed by atoms with Gasteiger partial charge in [0.2, 0.25) is 5.91 Å². The zero-order valence-corrected chi connectivity index (χ0v) is 9.49. The van der Waals surface area contributed by atoms with Gasteiger partial charge in [-0.05, 0) is 30.9 Å². The number of carbonyl (C=O) groups excluding carboxylic acids is 1. The molecule has 2 heterocycles. The predicted octanol–water partition coefficient (Wildman–Crippen LogP) is 1.25. The van der Waals surface area contributed by atoms with Crippen molar-refractivity contribution in [2.24, 2.45) is 0 Å². The number of carbonyl (C=O) groups is 1. The first kappa shape index (κ1) is 9.70. The van der Waals surface area contributed by atoms with Crippen molar-refractivity contribution in [3.8, 4) is 0 Å². The lowest BCUT2D eigenvalue weighted by Crippen LogP contribution is -2.56. The van der Waals surface area contributed by atoms with Crippen LogP contribution in [0.2, 0.25) is 0 Å². The molecule has 0 bridgehead atoms. The van der Waals surface area contributed by atoms with E-state index < -0.39 is 0 Å². The molecule has 1 amide bonds. The van der Waals surface area contributed by atoms with Crippen LogP contribution in [0.5, 0.6) is 0 Å². The first-order valence-electron chi connectivity index (χ1n) is 5.87. The van der Waals surface area contributed by atoms with Gasteiger partial charge in [-0.15, -0.1) is 0 Å². The third kappa shape index (κ3) is 1.39. The molecule has 0 radical (unpaired) electrons. The molecule has 1 aromatic rings. The lowest BCUT2D eigenvalue weighted by molar-refractivity contribution is -0.120. The molecular weight excluding hydrogens is 200 g/mol. The Labute approximate surface area is 95.4 Å². The number of rotatable bonds is 0. The summed E-state index contributed by atoms with van der Waals surface area (Å²) in [5, 5.41) is 2.95. The lowest BCUT2D eigenvalue weighted by atomic mass is 9.92. The maximum atomic E-state index is 11.5. The van der Waals surface area contributed by atoms with Gasteiger partial charge in [0.05, 0.1) is 6.54 Å². The number of nitrogens with one attached hydrogen (secondary N) is 1. The summed E-state index contributed by atoms with van der Waals surface area (Å²) >= 11 is 0. The highest BCUT2D eigenvalue weighted by molar-refractivity contribution is 5.84.